The molecule has 8 nitrogen and oxygen atoms in total. The van der Waals surface area contributed by atoms with Crippen LogP contribution in [0.4, 0.5) is 0 Å². The van der Waals surface area contributed by atoms with Crippen molar-refractivity contribution in [3.63, 3.8) is 0 Å². The summed E-state index contributed by atoms with van der Waals surface area (Å²) in [6, 6.07) is 13.2. The van der Waals surface area contributed by atoms with Crippen molar-refractivity contribution in [2.24, 2.45) is 5.84 Å². The molecule has 0 aliphatic carbocycles. The van der Waals surface area contributed by atoms with Crippen molar-refractivity contribution in [3.8, 4) is 22.3 Å². The molecule has 1 aromatic carbocycles. The molecule has 3 aromatic heterocycles. The molecule has 4 aromatic rings. The molecular formula is C22H21N5O3S. The Kier molecular flexibility index (Phi) is 6.01. The first-order valence-corrected chi connectivity index (χ1v) is 11.0. The summed E-state index contributed by atoms with van der Waals surface area (Å²) in [7, 11) is -2.40. The fourth-order valence-electron chi connectivity index (χ4n) is 3.26. The molecule has 0 atom stereocenters. The standard InChI is InChI=1S/C22H21N5O3S/c1-30-11-10-27(23)31(28,29)19-12-18(14-25-15-19)17-2-3-22-21(13-17)20(6-9-26-22)16-4-7-24-8-5-16/h2-9,12-15H,10-11,23H2,1H3. The summed E-state index contributed by atoms with van der Waals surface area (Å²) in [5.74, 6) is 5.74. The van der Waals surface area contributed by atoms with E-state index in [2.05, 4.69) is 15.0 Å². The third-order valence-corrected chi connectivity index (χ3v) is 6.52. The Morgan fingerprint density at radius 1 is 0.935 bits per heavy atom. The highest BCUT2D eigenvalue weighted by Crippen LogP contribution is 2.31. The van der Waals surface area contributed by atoms with Gasteiger partial charge in [-0.05, 0) is 53.1 Å². The second-order valence-corrected chi connectivity index (χ2v) is 8.73. The number of benzene rings is 1. The van der Waals surface area contributed by atoms with E-state index >= 15 is 0 Å². The van der Waals surface area contributed by atoms with Crippen LogP contribution in [0.15, 0.2) is 78.3 Å². The molecule has 0 radical (unpaired) electrons. The van der Waals surface area contributed by atoms with Crippen molar-refractivity contribution in [2.75, 3.05) is 20.3 Å². The van der Waals surface area contributed by atoms with Crippen LogP contribution < -0.4 is 5.84 Å². The second-order valence-electron chi connectivity index (χ2n) is 6.84. The lowest BCUT2D eigenvalue weighted by atomic mass is 9.98. The number of aromatic nitrogens is 3. The average Bonchev–Trinajstić information content (AvgIpc) is 2.82. The summed E-state index contributed by atoms with van der Waals surface area (Å²) in [4.78, 5) is 12.7. The van der Waals surface area contributed by atoms with Gasteiger partial charge in [0.1, 0.15) is 4.90 Å². The molecule has 2 N–H and O–H groups in total. The van der Waals surface area contributed by atoms with Crippen LogP contribution in [0.2, 0.25) is 0 Å². The molecule has 0 bridgehead atoms. The number of fused-ring (bicyclic) bond motifs is 1. The summed E-state index contributed by atoms with van der Waals surface area (Å²) < 4.78 is 31.2. The lowest BCUT2D eigenvalue weighted by molar-refractivity contribution is 0.179. The van der Waals surface area contributed by atoms with Gasteiger partial charge in [-0.1, -0.05) is 6.07 Å². The summed E-state index contributed by atoms with van der Waals surface area (Å²) in [6.07, 6.45) is 8.16. The van der Waals surface area contributed by atoms with E-state index in [4.69, 9.17) is 10.6 Å². The zero-order valence-electron chi connectivity index (χ0n) is 16.8. The van der Waals surface area contributed by atoms with Crippen LogP contribution in [0.3, 0.4) is 0 Å². The molecule has 4 rings (SSSR count). The zero-order valence-corrected chi connectivity index (χ0v) is 17.7. The van der Waals surface area contributed by atoms with Gasteiger partial charge in [0.05, 0.1) is 18.7 Å². The van der Waals surface area contributed by atoms with Crippen LogP contribution in [0.25, 0.3) is 33.2 Å². The van der Waals surface area contributed by atoms with Crippen LogP contribution in [0.1, 0.15) is 0 Å². The van der Waals surface area contributed by atoms with Crippen molar-refractivity contribution >= 4 is 20.9 Å². The maximum absolute atomic E-state index is 12.8. The van der Waals surface area contributed by atoms with Crippen LogP contribution in [-0.2, 0) is 14.8 Å². The molecule has 0 saturated heterocycles. The molecule has 0 aliphatic heterocycles. The maximum atomic E-state index is 12.8. The Labute approximate surface area is 180 Å². The van der Waals surface area contributed by atoms with Gasteiger partial charge < -0.3 is 4.74 Å². The number of nitrogens with two attached hydrogens (primary N) is 1. The lowest BCUT2D eigenvalue weighted by Gasteiger charge is -2.16. The minimum atomic E-state index is -3.89. The van der Waals surface area contributed by atoms with Gasteiger partial charge in [0.15, 0.2) is 0 Å². The number of sulfonamides is 1. The number of hydrogen-bond acceptors (Lipinski definition) is 7. The number of hydrogen-bond donors (Lipinski definition) is 1. The largest absolute Gasteiger partial charge is 0.383 e. The Balaban J connectivity index is 1.77. The SMILES string of the molecule is COCCN(N)S(=O)(=O)c1cncc(-c2ccc3nccc(-c4ccncc4)c3c2)c1. The third-order valence-electron chi connectivity index (χ3n) is 4.90. The minimum Gasteiger partial charge on any atom is -0.383 e. The molecule has 0 spiro atoms. The molecule has 0 aliphatic rings. The van der Waals surface area contributed by atoms with E-state index in [0.717, 1.165) is 32.0 Å². The number of nitrogens with zero attached hydrogens (tertiary/aromatic N) is 4. The smallest absolute Gasteiger partial charge is 0.257 e. The molecule has 0 unspecified atom stereocenters. The van der Waals surface area contributed by atoms with E-state index in [1.165, 1.54) is 13.3 Å². The number of pyridine rings is 3. The van der Waals surface area contributed by atoms with Gasteiger partial charge in [-0.25, -0.2) is 8.42 Å². The number of ether oxygens (including phenoxy) is 1. The van der Waals surface area contributed by atoms with E-state index in [1.807, 2.05) is 36.4 Å². The monoisotopic (exact) mass is 435 g/mol. The summed E-state index contributed by atoms with van der Waals surface area (Å²) in [5, 5.41) is 0.944. The molecule has 9 heteroatoms. The molecule has 0 amide bonds. The van der Waals surface area contributed by atoms with Crippen molar-refractivity contribution in [1.82, 2.24) is 19.4 Å². The summed E-state index contributed by atoms with van der Waals surface area (Å²) >= 11 is 0. The molecule has 0 saturated carbocycles. The number of hydrazine groups is 1. The normalized spacial score (nSPS) is 11.8. The van der Waals surface area contributed by atoms with Gasteiger partial charge in [0.25, 0.3) is 10.0 Å². The maximum Gasteiger partial charge on any atom is 0.257 e. The highest BCUT2D eigenvalue weighted by Gasteiger charge is 2.22. The Morgan fingerprint density at radius 3 is 2.52 bits per heavy atom. The molecule has 31 heavy (non-hydrogen) atoms. The van der Waals surface area contributed by atoms with Gasteiger partial charge in [-0.2, -0.15) is 0 Å². The number of rotatable bonds is 7. The van der Waals surface area contributed by atoms with Gasteiger partial charge >= 0.3 is 0 Å². The predicted molar refractivity (Wildman–Crippen MR) is 118 cm³/mol. The van der Waals surface area contributed by atoms with Gasteiger partial charge in [0, 0.05) is 49.0 Å². The van der Waals surface area contributed by atoms with Crippen LogP contribution in [0, 0.1) is 0 Å². The van der Waals surface area contributed by atoms with E-state index in [-0.39, 0.29) is 18.0 Å². The van der Waals surface area contributed by atoms with Crippen LogP contribution >= 0.6 is 0 Å². The van der Waals surface area contributed by atoms with Crippen LogP contribution in [-0.4, -0.2) is 48.0 Å². The summed E-state index contributed by atoms with van der Waals surface area (Å²) in [5.41, 5.74) is 4.35. The Hall–Kier alpha value is -3.24. The fourth-order valence-corrected chi connectivity index (χ4v) is 4.32. The van der Waals surface area contributed by atoms with Crippen LogP contribution in [0.5, 0.6) is 0 Å². The second kappa shape index (κ2) is 8.86. The first kappa shape index (κ1) is 21.0. The predicted octanol–water partition coefficient (Wildman–Crippen LogP) is 2.87. The van der Waals surface area contributed by atoms with E-state index in [1.54, 1.807) is 30.9 Å². The zero-order chi connectivity index (χ0) is 21.8. The molecule has 3 heterocycles. The minimum absolute atomic E-state index is 0.0178. The van der Waals surface area contributed by atoms with E-state index < -0.39 is 10.0 Å². The number of methoxy groups -OCH3 is 1. The quantitative estimate of drug-likeness (QED) is 0.351. The van der Waals surface area contributed by atoms with Crippen molar-refractivity contribution < 1.29 is 13.2 Å². The van der Waals surface area contributed by atoms with E-state index in [0.29, 0.717) is 5.56 Å². The topological polar surface area (TPSA) is 111 Å². The highest BCUT2D eigenvalue weighted by molar-refractivity contribution is 7.89. The van der Waals surface area contributed by atoms with Gasteiger partial charge in [0.2, 0.25) is 0 Å². The van der Waals surface area contributed by atoms with Crippen molar-refractivity contribution in [2.45, 2.75) is 4.90 Å². The van der Waals surface area contributed by atoms with Gasteiger partial charge in [-0.15, -0.1) is 4.41 Å². The highest BCUT2D eigenvalue weighted by atomic mass is 32.2. The van der Waals surface area contributed by atoms with Crippen molar-refractivity contribution in [3.05, 3.63) is 73.4 Å². The van der Waals surface area contributed by atoms with Gasteiger partial charge in [-0.3, -0.25) is 20.8 Å². The summed E-state index contributed by atoms with van der Waals surface area (Å²) in [6.45, 7) is 0.234. The Morgan fingerprint density at radius 2 is 1.74 bits per heavy atom. The molecular weight excluding hydrogens is 414 g/mol. The van der Waals surface area contributed by atoms with Crippen molar-refractivity contribution in [1.29, 1.82) is 0 Å². The Bertz CT molecular complexity index is 1310. The van der Waals surface area contributed by atoms with E-state index in [9.17, 15) is 8.42 Å². The average molecular weight is 436 g/mol. The first-order chi connectivity index (χ1) is 15.0. The first-order valence-electron chi connectivity index (χ1n) is 9.51. The lowest BCUT2D eigenvalue weighted by Crippen LogP contribution is -2.39. The molecule has 0 fully saturated rings. The fraction of sp³-hybridized carbons (Fsp3) is 0.136. The third kappa shape index (κ3) is 4.30. The molecule has 158 valence electrons.